The van der Waals surface area contributed by atoms with Gasteiger partial charge in [-0.25, -0.2) is 0 Å². The number of fused-ring (bicyclic) bond motifs is 10. The van der Waals surface area contributed by atoms with Gasteiger partial charge in [-0.05, 0) is 125 Å². The first-order valence-corrected chi connectivity index (χ1v) is 22.4. The van der Waals surface area contributed by atoms with Gasteiger partial charge in [0, 0.05) is 45.1 Å². The molecule has 0 saturated heterocycles. The fraction of sp³-hybridized carbons (Fsp3) is 0.180. The smallest absolute Gasteiger partial charge is 0.0467 e. The first-order chi connectivity index (χ1) is 30.0. The molecule has 300 valence electrons. The summed E-state index contributed by atoms with van der Waals surface area (Å²) in [4.78, 5) is 2.49. The van der Waals surface area contributed by atoms with Crippen LogP contribution in [0.2, 0.25) is 0 Å². The molecule has 0 amide bonds. The Bertz CT molecular complexity index is 3050. The molecule has 0 heterocycles. The zero-order valence-corrected chi connectivity index (χ0v) is 36.5. The van der Waals surface area contributed by atoms with Gasteiger partial charge in [-0.2, -0.15) is 0 Å². The van der Waals surface area contributed by atoms with Crippen LogP contribution < -0.4 is 4.90 Å². The van der Waals surface area contributed by atoms with Crippen molar-refractivity contribution in [1.82, 2.24) is 0 Å². The van der Waals surface area contributed by atoms with Crippen LogP contribution in [0.25, 0.3) is 44.5 Å². The Hall–Kier alpha value is -6.70. The summed E-state index contributed by atoms with van der Waals surface area (Å²) in [6.45, 7) is 14.3. The zero-order chi connectivity index (χ0) is 42.1. The summed E-state index contributed by atoms with van der Waals surface area (Å²) in [6, 6.07) is 59.8. The minimum absolute atomic E-state index is 0.0411. The molecule has 1 nitrogen and oxygen atoms in total. The molecule has 0 spiro atoms. The van der Waals surface area contributed by atoms with Gasteiger partial charge in [-0.15, -0.1) is 0 Å². The molecule has 12 rings (SSSR count). The lowest BCUT2D eigenvalue weighted by Gasteiger charge is -2.34. The van der Waals surface area contributed by atoms with E-state index >= 15 is 0 Å². The van der Waals surface area contributed by atoms with Crippen molar-refractivity contribution < 1.29 is 0 Å². The molecule has 0 aromatic heterocycles. The highest BCUT2D eigenvalue weighted by atomic mass is 15.1. The summed E-state index contributed by atoms with van der Waals surface area (Å²) in [5, 5.41) is 0. The third kappa shape index (κ3) is 5.21. The maximum atomic E-state index is 2.55. The van der Waals surface area contributed by atoms with Crippen LogP contribution in [0.15, 0.2) is 194 Å². The highest BCUT2D eigenvalue weighted by Gasteiger charge is 2.44. The monoisotopic (exact) mass is 797 g/mol. The van der Waals surface area contributed by atoms with Crippen molar-refractivity contribution in [3.05, 3.63) is 233 Å². The normalized spacial score (nSPS) is 19.7. The lowest BCUT2D eigenvalue weighted by atomic mass is 9.69. The highest BCUT2D eigenvalue weighted by Crippen LogP contribution is 2.58. The van der Waals surface area contributed by atoms with Crippen molar-refractivity contribution in [3.8, 4) is 33.4 Å². The number of hydrogen-bond acceptors (Lipinski definition) is 1. The summed E-state index contributed by atoms with van der Waals surface area (Å²) >= 11 is 0. The molecule has 1 heteroatoms. The largest absolute Gasteiger partial charge is 0.310 e. The molecule has 0 bridgehead atoms. The molecule has 7 aromatic carbocycles. The van der Waals surface area contributed by atoms with E-state index in [2.05, 4.69) is 235 Å². The number of nitrogens with zero attached hydrogens (tertiary/aromatic N) is 1. The molecule has 0 radical (unpaired) electrons. The third-order valence-corrected chi connectivity index (χ3v) is 15.2. The van der Waals surface area contributed by atoms with Gasteiger partial charge in [-0.1, -0.05) is 193 Å². The summed E-state index contributed by atoms with van der Waals surface area (Å²) in [5.74, 6) is 0.654. The summed E-state index contributed by atoms with van der Waals surface area (Å²) in [5.41, 5.74) is 25.0. The summed E-state index contributed by atoms with van der Waals surface area (Å²) in [6.07, 6.45) is 11.8. The summed E-state index contributed by atoms with van der Waals surface area (Å²) < 4.78 is 0. The van der Waals surface area contributed by atoms with Crippen molar-refractivity contribution in [3.63, 3.8) is 0 Å². The van der Waals surface area contributed by atoms with Gasteiger partial charge in [0.15, 0.2) is 0 Å². The van der Waals surface area contributed by atoms with Crippen LogP contribution in [-0.2, 0) is 16.2 Å². The zero-order valence-electron chi connectivity index (χ0n) is 36.5. The first-order valence-electron chi connectivity index (χ1n) is 22.4. The second-order valence-corrected chi connectivity index (χ2v) is 19.7. The van der Waals surface area contributed by atoms with Crippen LogP contribution in [0.1, 0.15) is 80.5 Å². The maximum Gasteiger partial charge on any atom is 0.0467 e. The van der Waals surface area contributed by atoms with E-state index in [0.29, 0.717) is 11.8 Å². The Kier molecular flexibility index (Phi) is 7.87. The fourth-order valence-corrected chi connectivity index (χ4v) is 12.0. The molecule has 5 aliphatic carbocycles. The molecule has 7 aromatic rings. The molecular formula is C61H51N. The maximum absolute atomic E-state index is 2.55. The van der Waals surface area contributed by atoms with Crippen molar-refractivity contribution in [2.24, 2.45) is 11.8 Å². The van der Waals surface area contributed by atoms with Gasteiger partial charge in [-0.3, -0.25) is 0 Å². The number of allylic oxidation sites excluding steroid dienone is 8. The Morgan fingerprint density at radius 1 is 0.387 bits per heavy atom. The minimum atomic E-state index is -0.107. The van der Waals surface area contributed by atoms with E-state index in [0.717, 1.165) is 5.69 Å². The predicted octanol–water partition coefficient (Wildman–Crippen LogP) is 15.9. The standard InChI is InChI=1S/C61H51N/c1-59(2)51-23-12-9-20-46(51)48-32-30-43(36-54(48)59)62(44-31-33-49-47-21-10-13-24-52(47)60(3,4)55(49)37-44)42-18-15-17-40(34-42)38-26-28-39(29-27-38)57-45-19-8-7-16-41(45)35-56-58(57)50-22-11-14-25-53(50)61(56,5)6/h7-37,41,45H,1-6H3. The molecule has 2 atom stereocenters. The van der Waals surface area contributed by atoms with E-state index in [9.17, 15) is 0 Å². The molecule has 5 aliphatic rings. The number of rotatable bonds is 5. The van der Waals surface area contributed by atoms with Gasteiger partial charge in [0.1, 0.15) is 0 Å². The average molecular weight is 798 g/mol. The van der Waals surface area contributed by atoms with E-state index in [1.807, 2.05) is 0 Å². The molecular weight excluding hydrogens is 747 g/mol. The van der Waals surface area contributed by atoms with E-state index in [4.69, 9.17) is 0 Å². The Labute approximate surface area is 367 Å². The van der Waals surface area contributed by atoms with Crippen LogP contribution in [0, 0.1) is 11.8 Å². The van der Waals surface area contributed by atoms with E-state index in [-0.39, 0.29) is 16.2 Å². The predicted molar refractivity (Wildman–Crippen MR) is 261 cm³/mol. The molecule has 62 heavy (non-hydrogen) atoms. The second kappa shape index (κ2) is 13.2. The SMILES string of the molecule is CC1(C)C2=CC3C=CC=CC3C(c3ccc(-c4cccc(N(c5ccc6c(c5)C(C)(C)c5ccccc5-6)c5ccc6c(c5)C(C)(C)c5ccccc5-6)c4)cc3)=C2c2ccccc21. The lowest BCUT2D eigenvalue weighted by molar-refractivity contribution is 0.619. The third-order valence-electron chi connectivity index (χ3n) is 15.2. The Morgan fingerprint density at radius 3 is 1.50 bits per heavy atom. The van der Waals surface area contributed by atoms with Gasteiger partial charge >= 0.3 is 0 Å². The van der Waals surface area contributed by atoms with Crippen LogP contribution in [0.5, 0.6) is 0 Å². The van der Waals surface area contributed by atoms with Gasteiger partial charge < -0.3 is 4.90 Å². The van der Waals surface area contributed by atoms with Crippen LogP contribution in [-0.4, -0.2) is 0 Å². The van der Waals surface area contributed by atoms with Gasteiger partial charge in [0.2, 0.25) is 0 Å². The average Bonchev–Trinajstić information content (AvgIpc) is 3.78. The Morgan fingerprint density at radius 2 is 0.887 bits per heavy atom. The fourth-order valence-electron chi connectivity index (χ4n) is 12.0. The van der Waals surface area contributed by atoms with E-state index in [1.54, 1.807) is 0 Å². The van der Waals surface area contributed by atoms with Crippen LogP contribution >= 0.6 is 0 Å². The quantitative estimate of drug-likeness (QED) is 0.168. The topological polar surface area (TPSA) is 3.24 Å². The lowest BCUT2D eigenvalue weighted by Crippen LogP contribution is -2.23. The van der Waals surface area contributed by atoms with Gasteiger partial charge in [0.25, 0.3) is 0 Å². The molecule has 0 N–H and O–H groups in total. The first kappa shape index (κ1) is 37.1. The highest BCUT2D eigenvalue weighted by molar-refractivity contribution is 6.06. The number of benzene rings is 7. The van der Waals surface area contributed by atoms with Gasteiger partial charge in [0.05, 0.1) is 0 Å². The number of hydrogen-bond donors (Lipinski definition) is 0. The van der Waals surface area contributed by atoms with E-state index in [1.165, 1.54) is 100 Å². The molecule has 0 aliphatic heterocycles. The Balaban J connectivity index is 0.979. The van der Waals surface area contributed by atoms with Crippen molar-refractivity contribution >= 4 is 28.2 Å². The van der Waals surface area contributed by atoms with Crippen LogP contribution in [0.3, 0.4) is 0 Å². The van der Waals surface area contributed by atoms with E-state index < -0.39 is 0 Å². The van der Waals surface area contributed by atoms with Crippen molar-refractivity contribution in [1.29, 1.82) is 0 Å². The molecule has 2 unspecified atom stereocenters. The number of anilines is 3. The van der Waals surface area contributed by atoms with Crippen molar-refractivity contribution in [2.75, 3.05) is 4.90 Å². The minimum Gasteiger partial charge on any atom is -0.310 e. The molecule has 0 fully saturated rings. The van der Waals surface area contributed by atoms with Crippen molar-refractivity contribution in [2.45, 2.75) is 57.8 Å². The second-order valence-electron chi connectivity index (χ2n) is 19.7. The summed E-state index contributed by atoms with van der Waals surface area (Å²) in [7, 11) is 0. The molecule has 0 saturated carbocycles. The van der Waals surface area contributed by atoms with Crippen LogP contribution in [0.4, 0.5) is 17.1 Å².